The number of likely N-dealkylation sites (tertiary alicyclic amines) is 1. The predicted molar refractivity (Wildman–Crippen MR) is 60.5 cm³/mol. The molecule has 2 aliphatic rings. The number of hydrogen-bond acceptors (Lipinski definition) is 2. The molecule has 1 saturated heterocycles. The van der Waals surface area contributed by atoms with E-state index in [-0.39, 0.29) is 11.8 Å². The molecule has 0 radical (unpaired) electrons. The number of amides is 1. The van der Waals surface area contributed by atoms with Gasteiger partial charge in [-0.2, -0.15) is 0 Å². The Morgan fingerprint density at radius 2 is 2.00 bits per heavy atom. The fraction of sp³-hybridized carbons (Fsp3) is 0.462. The van der Waals surface area contributed by atoms with Crippen LogP contribution in [0.3, 0.4) is 0 Å². The van der Waals surface area contributed by atoms with Crippen LogP contribution in [0.25, 0.3) is 0 Å². The molecular weight excluding hydrogens is 202 g/mol. The van der Waals surface area contributed by atoms with Gasteiger partial charge in [0.2, 0.25) is 5.91 Å². The van der Waals surface area contributed by atoms with E-state index >= 15 is 0 Å². The molecular formula is C13H15NO2. The first-order valence-electron chi connectivity index (χ1n) is 5.87. The summed E-state index contributed by atoms with van der Waals surface area (Å²) in [4.78, 5) is 14.2. The Morgan fingerprint density at radius 3 is 2.81 bits per heavy atom. The van der Waals surface area contributed by atoms with Crippen molar-refractivity contribution in [3.63, 3.8) is 0 Å². The number of hydrogen-bond donors (Lipinski definition) is 0. The minimum absolute atomic E-state index is 0.0747. The second-order valence-corrected chi connectivity index (χ2v) is 4.43. The van der Waals surface area contributed by atoms with Crippen LogP contribution in [0, 0.1) is 0 Å². The zero-order valence-corrected chi connectivity index (χ0v) is 9.19. The van der Waals surface area contributed by atoms with E-state index in [1.807, 2.05) is 29.2 Å². The van der Waals surface area contributed by atoms with Gasteiger partial charge in [-0.3, -0.25) is 4.79 Å². The van der Waals surface area contributed by atoms with E-state index in [2.05, 4.69) is 0 Å². The van der Waals surface area contributed by atoms with Crippen LogP contribution in [-0.2, 0) is 4.79 Å². The number of nitrogens with zero attached hydrogens (tertiary/aromatic N) is 1. The van der Waals surface area contributed by atoms with Crippen LogP contribution < -0.4 is 4.74 Å². The third-order valence-electron chi connectivity index (χ3n) is 3.42. The first-order valence-corrected chi connectivity index (χ1v) is 5.87. The van der Waals surface area contributed by atoms with Crippen LogP contribution in [0.2, 0.25) is 0 Å². The number of benzene rings is 1. The van der Waals surface area contributed by atoms with Crippen LogP contribution in [0.1, 0.15) is 24.3 Å². The molecule has 3 rings (SSSR count). The Kier molecular flexibility index (Phi) is 2.31. The van der Waals surface area contributed by atoms with Crippen molar-refractivity contribution >= 4 is 5.91 Å². The molecule has 1 amide bonds. The predicted octanol–water partition coefficient (Wildman–Crippen LogP) is 1.78. The van der Waals surface area contributed by atoms with Gasteiger partial charge in [0.1, 0.15) is 18.3 Å². The van der Waals surface area contributed by atoms with Gasteiger partial charge in [0, 0.05) is 18.7 Å². The first-order chi connectivity index (χ1) is 7.86. The monoisotopic (exact) mass is 217 g/mol. The Labute approximate surface area is 95.0 Å². The van der Waals surface area contributed by atoms with E-state index in [0.29, 0.717) is 6.61 Å². The number of rotatable bonds is 1. The van der Waals surface area contributed by atoms with Crippen molar-refractivity contribution in [1.82, 2.24) is 4.90 Å². The van der Waals surface area contributed by atoms with Crippen LogP contribution >= 0.6 is 0 Å². The van der Waals surface area contributed by atoms with Gasteiger partial charge < -0.3 is 9.64 Å². The van der Waals surface area contributed by atoms with Crippen molar-refractivity contribution in [3.8, 4) is 5.75 Å². The molecule has 2 heterocycles. The van der Waals surface area contributed by atoms with Crippen molar-refractivity contribution in [1.29, 1.82) is 0 Å². The summed E-state index contributed by atoms with van der Waals surface area (Å²) in [6.07, 6.45) is 2.28. The maximum absolute atomic E-state index is 12.3. The number of fused-ring (bicyclic) bond motifs is 1. The maximum atomic E-state index is 12.3. The summed E-state index contributed by atoms with van der Waals surface area (Å²) in [5.41, 5.74) is 1.06. The first kappa shape index (κ1) is 9.70. The lowest BCUT2D eigenvalue weighted by Gasteiger charge is -2.19. The highest BCUT2D eigenvalue weighted by Gasteiger charge is 2.33. The highest BCUT2D eigenvalue weighted by atomic mass is 16.5. The lowest BCUT2D eigenvalue weighted by Crippen LogP contribution is -2.33. The van der Waals surface area contributed by atoms with E-state index in [9.17, 15) is 4.79 Å². The van der Waals surface area contributed by atoms with Gasteiger partial charge in [-0.05, 0) is 18.9 Å². The lowest BCUT2D eigenvalue weighted by atomic mass is 10.00. The molecule has 3 nitrogen and oxygen atoms in total. The number of carbonyl (C=O) groups excluding carboxylic acids is 1. The van der Waals surface area contributed by atoms with E-state index in [1.54, 1.807) is 0 Å². The van der Waals surface area contributed by atoms with Crippen LogP contribution in [0.4, 0.5) is 0 Å². The average Bonchev–Trinajstić information content (AvgIpc) is 2.98. The molecule has 2 aliphatic heterocycles. The van der Waals surface area contributed by atoms with Crippen LogP contribution in [0.5, 0.6) is 5.75 Å². The van der Waals surface area contributed by atoms with Crippen LogP contribution in [0.15, 0.2) is 24.3 Å². The summed E-state index contributed by atoms with van der Waals surface area (Å²) < 4.78 is 5.54. The summed E-state index contributed by atoms with van der Waals surface area (Å²) >= 11 is 0. The summed E-state index contributed by atoms with van der Waals surface area (Å²) in [6.45, 7) is 2.34. The van der Waals surface area contributed by atoms with E-state index < -0.39 is 0 Å². The van der Waals surface area contributed by atoms with Crippen molar-refractivity contribution in [2.24, 2.45) is 0 Å². The minimum atomic E-state index is -0.0747. The molecule has 0 N–H and O–H groups in total. The van der Waals surface area contributed by atoms with Crippen molar-refractivity contribution in [2.45, 2.75) is 18.8 Å². The molecule has 3 heteroatoms. The summed E-state index contributed by atoms with van der Waals surface area (Å²) in [5.74, 6) is 1.04. The van der Waals surface area contributed by atoms with E-state index in [4.69, 9.17) is 4.74 Å². The summed E-state index contributed by atoms with van der Waals surface area (Å²) in [5, 5.41) is 0. The van der Waals surface area contributed by atoms with E-state index in [1.165, 1.54) is 0 Å². The average molecular weight is 217 g/mol. The molecule has 1 atom stereocenters. The standard InChI is InChI=1S/C13H15NO2/c15-13(14-7-3-4-8-14)11-9-16-12-6-2-1-5-10(11)12/h1-2,5-6,11H,3-4,7-9H2. The van der Waals surface area contributed by atoms with Crippen molar-refractivity contribution in [2.75, 3.05) is 19.7 Å². The zero-order valence-electron chi connectivity index (χ0n) is 9.19. The minimum Gasteiger partial charge on any atom is -0.492 e. The Morgan fingerprint density at radius 1 is 1.25 bits per heavy atom. The number of para-hydroxylation sites is 1. The number of ether oxygens (including phenoxy) is 1. The molecule has 1 aromatic carbocycles. The molecule has 0 aromatic heterocycles. The Hall–Kier alpha value is -1.51. The topological polar surface area (TPSA) is 29.5 Å². The third-order valence-corrected chi connectivity index (χ3v) is 3.42. The second kappa shape index (κ2) is 3.81. The van der Waals surface area contributed by atoms with Crippen LogP contribution in [-0.4, -0.2) is 30.5 Å². The van der Waals surface area contributed by atoms with E-state index in [0.717, 1.165) is 37.2 Å². The second-order valence-electron chi connectivity index (χ2n) is 4.43. The zero-order chi connectivity index (χ0) is 11.0. The molecule has 1 unspecified atom stereocenters. The third kappa shape index (κ3) is 1.47. The Balaban J connectivity index is 1.84. The van der Waals surface area contributed by atoms with Gasteiger partial charge >= 0.3 is 0 Å². The van der Waals surface area contributed by atoms with Gasteiger partial charge in [-0.25, -0.2) is 0 Å². The largest absolute Gasteiger partial charge is 0.492 e. The molecule has 0 aliphatic carbocycles. The molecule has 0 bridgehead atoms. The van der Waals surface area contributed by atoms with Crippen molar-refractivity contribution in [3.05, 3.63) is 29.8 Å². The van der Waals surface area contributed by atoms with Gasteiger partial charge in [-0.15, -0.1) is 0 Å². The molecule has 0 spiro atoms. The van der Waals surface area contributed by atoms with Gasteiger partial charge in [0.15, 0.2) is 0 Å². The smallest absolute Gasteiger partial charge is 0.233 e. The number of carbonyl (C=O) groups is 1. The normalized spacial score (nSPS) is 23.0. The molecule has 16 heavy (non-hydrogen) atoms. The summed E-state index contributed by atoms with van der Waals surface area (Å²) in [7, 11) is 0. The summed E-state index contributed by atoms with van der Waals surface area (Å²) in [6, 6.07) is 7.85. The molecule has 84 valence electrons. The SMILES string of the molecule is O=C(C1COc2ccccc21)N1CCCC1. The van der Waals surface area contributed by atoms with Gasteiger partial charge in [-0.1, -0.05) is 18.2 Å². The fourth-order valence-corrected chi connectivity index (χ4v) is 2.52. The highest BCUT2D eigenvalue weighted by molar-refractivity contribution is 5.85. The molecule has 1 fully saturated rings. The lowest BCUT2D eigenvalue weighted by molar-refractivity contribution is -0.131. The highest BCUT2D eigenvalue weighted by Crippen LogP contribution is 2.35. The fourth-order valence-electron chi connectivity index (χ4n) is 2.52. The van der Waals surface area contributed by atoms with Crippen molar-refractivity contribution < 1.29 is 9.53 Å². The quantitative estimate of drug-likeness (QED) is 0.717. The van der Waals surface area contributed by atoms with Gasteiger partial charge in [0.05, 0.1) is 0 Å². The molecule has 1 aromatic rings. The Bertz CT molecular complexity index is 410. The molecule has 0 saturated carbocycles. The van der Waals surface area contributed by atoms with Gasteiger partial charge in [0.25, 0.3) is 0 Å². The maximum Gasteiger partial charge on any atom is 0.233 e.